The zero-order valence-electron chi connectivity index (χ0n) is 1.35. The Balaban J connectivity index is -0.00000000167. The summed E-state index contributed by atoms with van der Waals surface area (Å²) in [5, 5.41) is 0. The molecule has 0 heterocycles. The molecule has 0 aromatic rings. The first-order valence-electron chi connectivity index (χ1n) is 0.354. The van der Waals surface area contributed by atoms with Gasteiger partial charge in [-0.1, -0.05) is 0 Å². The Morgan fingerprint density at radius 3 is 1.20 bits per heavy atom. The van der Waals surface area contributed by atoms with Crippen LogP contribution >= 0.6 is 0 Å². The van der Waals surface area contributed by atoms with Gasteiger partial charge in [-0.25, -0.2) is 0 Å². The minimum Gasteiger partial charge on any atom is -0.0149 e. The third-order valence-corrected chi connectivity index (χ3v) is 0. The van der Waals surface area contributed by atoms with E-state index in [1.807, 2.05) is 0 Å². The SMILES string of the molecule is [AlH2][Fe].[BaH2].[CaH2].[SiH4]. The first kappa shape index (κ1) is 23.0. The molecule has 0 aromatic heterocycles. The van der Waals surface area contributed by atoms with Crippen molar-refractivity contribution in [2.75, 3.05) is 0 Å². The van der Waals surface area contributed by atoms with Crippen molar-refractivity contribution in [2.45, 2.75) is 0 Å². The third-order valence-electron chi connectivity index (χ3n) is 0. The monoisotopic (exact) mass is 299 g/mol. The molecule has 0 aliphatic heterocycles. The van der Waals surface area contributed by atoms with E-state index in [0.29, 0.717) is 0 Å². The standard InChI is InChI=1S/Al.Ba.Ca.Fe.H4Si.6H/h;;;;1H4;;;;;;. The van der Waals surface area contributed by atoms with E-state index in [1.165, 1.54) is 0 Å². The molecule has 29 valence electrons. The Morgan fingerprint density at radius 2 is 1.20 bits per heavy atom. The van der Waals surface area contributed by atoms with Crippen LogP contribution < -0.4 is 0 Å². The minimum atomic E-state index is 0. The number of hydrogen-bond donors (Lipinski definition) is 0. The second-order valence-corrected chi connectivity index (χ2v) is 0. The zero-order chi connectivity index (χ0) is 2.00. The normalized spacial score (nSPS) is 1.00. The van der Waals surface area contributed by atoms with Gasteiger partial charge >= 0.3 is 115 Å². The largest absolute Gasteiger partial charge is 0.0149 e. The average Bonchev–Trinajstić information content (AvgIpc) is 1.00. The van der Waals surface area contributed by atoms with E-state index in [9.17, 15) is 0 Å². The molecule has 0 saturated carbocycles. The molecule has 0 radical (unpaired) electrons. The molecule has 0 nitrogen and oxygen atoms in total. The molecule has 0 aliphatic rings. The van der Waals surface area contributed by atoms with E-state index >= 15 is 0 Å². The molecule has 0 fully saturated rings. The molecule has 0 N–H and O–H groups in total. The van der Waals surface area contributed by atoms with E-state index in [4.69, 9.17) is 0 Å². The van der Waals surface area contributed by atoms with Crippen molar-refractivity contribution in [3.63, 3.8) is 0 Å². The summed E-state index contributed by atoms with van der Waals surface area (Å²) < 4.78 is 0. The molecular weight excluding hydrogens is 288 g/mol. The van der Waals surface area contributed by atoms with Crippen molar-refractivity contribution < 1.29 is 14.1 Å². The van der Waals surface area contributed by atoms with E-state index in [0.717, 1.165) is 14.4 Å². The Labute approximate surface area is 122 Å². The Bertz CT molecular complexity index is 11.6. The van der Waals surface area contributed by atoms with Crippen LogP contribution in [-0.2, 0) is 14.1 Å². The quantitative estimate of drug-likeness (QED) is 0.398. The molecule has 0 aliphatic carbocycles. The molecule has 0 aromatic carbocycles. The summed E-state index contributed by atoms with van der Waals surface area (Å²) >= 11 is 4.44. The minimum absolute atomic E-state index is 0. The summed E-state index contributed by atoms with van der Waals surface area (Å²) in [6.07, 6.45) is 0. The fourth-order valence-corrected chi connectivity index (χ4v) is 0. The van der Waals surface area contributed by atoms with Crippen molar-refractivity contribution in [3.05, 3.63) is 0 Å². The molecular formula is H10AlBaCaFeSi. The van der Waals surface area contributed by atoms with Crippen LogP contribution in [0.2, 0.25) is 0 Å². The van der Waals surface area contributed by atoms with Crippen LogP contribution in [0.25, 0.3) is 0 Å². The maximum absolute atomic E-state index is 3.39. The van der Waals surface area contributed by atoms with Gasteiger partial charge in [0.2, 0.25) is 0 Å². The Kier molecular flexibility index (Phi) is 112. The molecule has 5 heavy (non-hydrogen) atoms. The maximum atomic E-state index is 3.39. The molecule has 0 spiro atoms. The van der Waals surface area contributed by atoms with Gasteiger partial charge in [0.05, 0.1) is 0 Å². The smallest absolute Gasteiger partial charge is 0.0149 e. The van der Waals surface area contributed by atoms with E-state index in [2.05, 4.69) is 14.1 Å². The van der Waals surface area contributed by atoms with Crippen molar-refractivity contribution in [3.8, 4) is 0 Å². The van der Waals surface area contributed by atoms with E-state index in [-0.39, 0.29) is 97.6 Å². The summed E-state index contributed by atoms with van der Waals surface area (Å²) in [4.78, 5) is 0. The first-order valence-corrected chi connectivity index (χ1v) is 4.37. The van der Waals surface area contributed by atoms with Crippen molar-refractivity contribution >= 4 is 112 Å². The van der Waals surface area contributed by atoms with Gasteiger partial charge in [-0.15, -0.1) is 0 Å². The molecule has 0 amide bonds. The Hall–Kier alpha value is 4.10. The summed E-state index contributed by atoms with van der Waals surface area (Å²) in [6, 6.07) is 0. The predicted molar refractivity (Wildman–Crippen MR) is 37.0 cm³/mol. The van der Waals surface area contributed by atoms with Gasteiger partial charge in [0.25, 0.3) is 0 Å². The van der Waals surface area contributed by atoms with Gasteiger partial charge in [0, 0.05) is 0 Å². The fraction of sp³-hybridized carbons (Fsp3) is 0. The number of rotatable bonds is 0. The van der Waals surface area contributed by atoms with Gasteiger partial charge in [0.1, 0.15) is 0 Å². The van der Waals surface area contributed by atoms with E-state index < -0.39 is 0 Å². The van der Waals surface area contributed by atoms with Crippen LogP contribution in [0.1, 0.15) is 0 Å². The Morgan fingerprint density at radius 1 is 1.20 bits per heavy atom. The van der Waals surface area contributed by atoms with Crippen LogP contribution in [-0.4, -0.2) is 112 Å². The number of hydrogen-bond acceptors (Lipinski definition) is 0. The molecule has 0 rings (SSSR count). The average molecular weight is 298 g/mol. The molecule has 0 saturated heterocycles. The van der Waals surface area contributed by atoms with Gasteiger partial charge in [-0.3, -0.25) is 0 Å². The van der Waals surface area contributed by atoms with E-state index in [1.54, 1.807) is 0 Å². The summed E-state index contributed by atoms with van der Waals surface area (Å²) in [6.45, 7) is 0. The summed E-state index contributed by atoms with van der Waals surface area (Å²) in [7, 11) is 0. The predicted octanol–water partition coefficient (Wildman–Crippen LogP) is -4.20. The van der Waals surface area contributed by atoms with Gasteiger partial charge in [0.15, 0.2) is 0 Å². The molecule has 0 atom stereocenters. The van der Waals surface area contributed by atoms with Crippen LogP contribution in [0.15, 0.2) is 0 Å². The first-order chi connectivity index (χ1) is 1.00. The zero-order valence-corrected chi connectivity index (χ0v) is 4.46. The van der Waals surface area contributed by atoms with Crippen LogP contribution in [0, 0.1) is 0 Å². The molecule has 5 heteroatoms. The molecule has 0 unspecified atom stereocenters. The van der Waals surface area contributed by atoms with Gasteiger partial charge in [-0.05, 0) is 11.0 Å². The van der Waals surface area contributed by atoms with Crippen molar-refractivity contribution in [2.24, 2.45) is 0 Å². The second kappa shape index (κ2) is 24.3. The van der Waals surface area contributed by atoms with Crippen LogP contribution in [0.3, 0.4) is 0 Å². The topological polar surface area (TPSA) is 0 Å². The van der Waals surface area contributed by atoms with Crippen molar-refractivity contribution in [1.29, 1.82) is 0 Å². The summed E-state index contributed by atoms with van der Waals surface area (Å²) in [5.74, 6) is 0. The van der Waals surface area contributed by atoms with Crippen LogP contribution in [0.4, 0.5) is 0 Å². The van der Waals surface area contributed by atoms with Crippen LogP contribution in [0.5, 0.6) is 0 Å². The van der Waals surface area contributed by atoms with Crippen molar-refractivity contribution in [1.82, 2.24) is 0 Å². The molecule has 0 bridgehead atoms. The fourth-order valence-electron chi connectivity index (χ4n) is 0. The summed E-state index contributed by atoms with van der Waals surface area (Å²) in [5.41, 5.74) is 0. The third kappa shape index (κ3) is 17.9. The van der Waals surface area contributed by atoms with Gasteiger partial charge in [-0.2, -0.15) is 0 Å². The maximum Gasteiger partial charge on any atom is -0.0149 e. The second-order valence-electron chi connectivity index (χ2n) is 0. The van der Waals surface area contributed by atoms with Gasteiger partial charge < -0.3 is 0 Å².